The van der Waals surface area contributed by atoms with E-state index in [2.05, 4.69) is 26.5 Å². The number of halogens is 3. The summed E-state index contributed by atoms with van der Waals surface area (Å²) < 4.78 is 39.8. The number of methoxy groups -OCH3 is 1. The third-order valence-corrected chi connectivity index (χ3v) is 8.57. The Balaban J connectivity index is 1.47. The molecule has 212 valence electrons. The number of hydrazone groups is 1. The Morgan fingerprint density at radius 1 is 0.976 bits per heavy atom. The summed E-state index contributed by atoms with van der Waals surface area (Å²) in [7, 11) is -2.54. The fourth-order valence-electron chi connectivity index (χ4n) is 3.68. The molecular formula is C29H24BrCl2N3O5S. The summed E-state index contributed by atoms with van der Waals surface area (Å²) in [4.78, 5) is 12.9. The van der Waals surface area contributed by atoms with Gasteiger partial charge in [-0.15, -0.1) is 0 Å². The molecule has 12 heteroatoms. The van der Waals surface area contributed by atoms with Crippen LogP contribution in [0.1, 0.15) is 11.1 Å². The van der Waals surface area contributed by atoms with Crippen molar-refractivity contribution >= 4 is 67.0 Å². The van der Waals surface area contributed by atoms with E-state index in [-0.39, 0.29) is 10.6 Å². The van der Waals surface area contributed by atoms with Crippen LogP contribution in [0, 0.1) is 0 Å². The molecule has 0 aliphatic rings. The lowest BCUT2D eigenvalue weighted by Gasteiger charge is -2.23. The fraction of sp³-hybridized carbons (Fsp3) is 0.103. The number of hydrogen-bond acceptors (Lipinski definition) is 6. The van der Waals surface area contributed by atoms with E-state index in [9.17, 15) is 13.2 Å². The highest BCUT2D eigenvalue weighted by molar-refractivity contribution is 9.10. The molecule has 4 aromatic carbocycles. The number of hydrogen-bond donors (Lipinski definition) is 1. The summed E-state index contributed by atoms with van der Waals surface area (Å²) >= 11 is 15.4. The highest BCUT2D eigenvalue weighted by atomic mass is 79.9. The van der Waals surface area contributed by atoms with Crippen molar-refractivity contribution in [1.82, 2.24) is 5.43 Å². The van der Waals surface area contributed by atoms with Crippen molar-refractivity contribution in [2.24, 2.45) is 5.10 Å². The Bertz CT molecular complexity index is 1640. The van der Waals surface area contributed by atoms with Crippen LogP contribution in [0.2, 0.25) is 10.0 Å². The molecule has 1 N–H and O–H groups in total. The maximum atomic E-state index is 13.4. The van der Waals surface area contributed by atoms with Crippen LogP contribution >= 0.6 is 39.1 Å². The first-order chi connectivity index (χ1) is 19.7. The number of rotatable bonds is 11. The molecule has 0 atom stereocenters. The van der Waals surface area contributed by atoms with Crippen molar-refractivity contribution in [2.75, 3.05) is 18.0 Å². The molecule has 0 bridgehead atoms. The zero-order valence-electron chi connectivity index (χ0n) is 21.6. The molecular weight excluding hydrogens is 653 g/mol. The average Bonchev–Trinajstić information content (AvgIpc) is 2.97. The summed E-state index contributed by atoms with van der Waals surface area (Å²) in [6.07, 6.45) is 1.41. The maximum absolute atomic E-state index is 13.4. The van der Waals surface area contributed by atoms with E-state index in [1.165, 1.54) is 37.6 Å². The van der Waals surface area contributed by atoms with E-state index in [1.807, 2.05) is 12.1 Å². The number of carbonyl (C=O) groups excluding carboxylic acids is 1. The predicted molar refractivity (Wildman–Crippen MR) is 165 cm³/mol. The summed E-state index contributed by atoms with van der Waals surface area (Å²) in [5.41, 5.74) is 4.19. The third kappa shape index (κ3) is 8.01. The highest BCUT2D eigenvalue weighted by Crippen LogP contribution is 2.37. The number of nitrogens with one attached hydrogen (secondary N) is 1. The van der Waals surface area contributed by atoms with E-state index in [0.717, 1.165) is 9.87 Å². The van der Waals surface area contributed by atoms with Gasteiger partial charge in [-0.05, 0) is 87.7 Å². The zero-order chi connectivity index (χ0) is 29.4. The molecule has 1 amide bonds. The van der Waals surface area contributed by atoms with Crippen LogP contribution in [0.3, 0.4) is 0 Å². The van der Waals surface area contributed by atoms with Gasteiger partial charge in [-0.3, -0.25) is 9.10 Å². The third-order valence-electron chi connectivity index (χ3n) is 5.68. The molecule has 41 heavy (non-hydrogen) atoms. The van der Waals surface area contributed by atoms with Gasteiger partial charge >= 0.3 is 0 Å². The maximum Gasteiger partial charge on any atom is 0.264 e. The van der Waals surface area contributed by atoms with Gasteiger partial charge < -0.3 is 9.47 Å². The first kappa shape index (κ1) is 30.4. The van der Waals surface area contributed by atoms with Crippen LogP contribution in [-0.4, -0.2) is 34.2 Å². The lowest BCUT2D eigenvalue weighted by molar-refractivity contribution is -0.119. The topological polar surface area (TPSA) is 97.3 Å². The Hall–Kier alpha value is -3.57. The number of carbonyl (C=O) groups is 1. The monoisotopic (exact) mass is 675 g/mol. The van der Waals surface area contributed by atoms with Gasteiger partial charge in [-0.1, -0.05) is 53.5 Å². The predicted octanol–water partition coefficient (Wildman–Crippen LogP) is 6.69. The molecule has 0 radical (unpaired) electrons. The quantitative estimate of drug-likeness (QED) is 0.141. The SMILES string of the molecule is COc1cc(/C=N/NC(=O)CN(c2ccc(Cl)cc2)S(=O)(=O)c2ccccc2)cc(Br)c1OCc1ccc(Cl)cc1. The molecule has 8 nitrogen and oxygen atoms in total. The number of amides is 1. The van der Waals surface area contributed by atoms with Gasteiger partial charge in [0.05, 0.1) is 28.4 Å². The molecule has 0 fully saturated rings. The summed E-state index contributed by atoms with van der Waals surface area (Å²) in [6, 6.07) is 24.7. The lowest BCUT2D eigenvalue weighted by Crippen LogP contribution is -2.39. The Labute approximate surface area is 256 Å². The van der Waals surface area contributed by atoms with Gasteiger partial charge in [0, 0.05) is 10.0 Å². The smallest absolute Gasteiger partial charge is 0.264 e. The number of anilines is 1. The minimum atomic E-state index is -4.05. The van der Waals surface area contributed by atoms with Crippen LogP contribution in [0.4, 0.5) is 5.69 Å². The first-order valence-corrected chi connectivity index (χ1v) is 15.1. The molecule has 0 saturated carbocycles. The van der Waals surface area contributed by atoms with Gasteiger partial charge in [0.15, 0.2) is 11.5 Å². The van der Waals surface area contributed by atoms with Crippen LogP contribution < -0.4 is 19.2 Å². The number of benzene rings is 4. The van der Waals surface area contributed by atoms with Crippen molar-refractivity contribution in [3.05, 3.63) is 117 Å². The fourth-order valence-corrected chi connectivity index (χ4v) is 5.95. The van der Waals surface area contributed by atoms with Crippen LogP contribution in [-0.2, 0) is 21.4 Å². The van der Waals surface area contributed by atoms with Gasteiger partial charge in [-0.2, -0.15) is 5.10 Å². The molecule has 0 aliphatic heterocycles. The highest BCUT2D eigenvalue weighted by Gasteiger charge is 2.27. The standard InChI is InChI=1S/C29H24BrCl2N3O5S/c1-39-27-16-21(15-26(30)29(27)40-19-20-7-9-22(31)10-8-20)17-33-34-28(36)18-35(24-13-11-23(32)12-14-24)41(37,38)25-5-3-2-4-6-25/h2-17H,18-19H2,1H3,(H,34,36)/b33-17+. The molecule has 0 aliphatic carbocycles. The van der Waals surface area contributed by atoms with Gasteiger partial charge in [0.2, 0.25) is 0 Å². The number of sulfonamides is 1. The molecule has 4 rings (SSSR count). The lowest BCUT2D eigenvalue weighted by atomic mass is 10.2. The van der Waals surface area contributed by atoms with Gasteiger partial charge in [-0.25, -0.2) is 13.8 Å². The Morgan fingerprint density at radius 3 is 2.24 bits per heavy atom. The number of nitrogens with zero attached hydrogens (tertiary/aromatic N) is 2. The molecule has 0 aromatic heterocycles. The van der Waals surface area contributed by atoms with Crippen molar-refractivity contribution in [1.29, 1.82) is 0 Å². The average molecular weight is 677 g/mol. The minimum Gasteiger partial charge on any atom is -0.493 e. The van der Waals surface area contributed by atoms with Crippen molar-refractivity contribution in [2.45, 2.75) is 11.5 Å². The van der Waals surface area contributed by atoms with E-state index in [1.54, 1.807) is 54.6 Å². The summed E-state index contributed by atoms with van der Waals surface area (Å²) in [5, 5.41) is 5.08. The van der Waals surface area contributed by atoms with Crippen molar-refractivity contribution < 1.29 is 22.7 Å². The van der Waals surface area contributed by atoms with Crippen LogP contribution in [0.15, 0.2) is 105 Å². The Kier molecular flexibility index (Phi) is 10.3. The van der Waals surface area contributed by atoms with Crippen molar-refractivity contribution in [3.63, 3.8) is 0 Å². The van der Waals surface area contributed by atoms with Crippen LogP contribution in [0.25, 0.3) is 0 Å². The first-order valence-electron chi connectivity index (χ1n) is 12.1. The molecule has 0 unspecified atom stereocenters. The molecule has 0 heterocycles. The van der Waals surface area contributed by atoms with Gasteiger partial charge in [0.25, 0.3) is 15.9 Å². The van der Waals surface area contributed by atoms with Crippen LogP contribution in [0.5, 0.6) is 11.5 Å². The second kappa shape index (κ2) is 13.9. The molecule has 4 aromatic rings. The normalized spacial score (nSPS) is 11.3. The van der Waals surface area contributed by atoms with E-state index >= 15 is 0 Å². The second-order valence-corrected chi connectivity index (χ2v) is 12.1. The largest absolute Gasteiger partial charge is 0.493 e. The molecule has 0 spiro atoms. The van der Waals surface area contributed by atoms with E-state index in [4.69, 9.17) is 32.7 Å². The van der Waals surface area contributed by atoms with E-state index in [0.29, 0.717) is 38.2 Å². The Morgan fingerprint density at radius 2 is 1.61 bits per heavy atom. The summed E-state index contributed by atoms with van der Waals surface area (Å²) in [5.74, 6) is 0.294. The number of ether oxygens (including phenoxy) is 2. The van der Waals surface area contributed by atoms with Gasteiger partial charge in [0.1, 0.15) is 13.2 Å². The molecule has 0 saturated heterocycles. The minimum absolute atomic E-state index is 0.0431. The summed E-state index contributed by atoms with van der Waals surface area (Å²) in [6.45, 7) is -0.216. The van der Waals surface area contributed by atoms with E-state index < -0.39 is 22.5 Å². The zero-order valence-corrected chi connectivity index (χ0v) is 25.5. The van der Waals surface area contributed by atoms with Crippen molar-refractivity contribution in [3.8, 4) is 11.5 Å². The second-order valence-electron chi connectivity index (χ2n) is 8.54.